The zero-order valence-electron chi connectivity index (χ0n) is 16.4. The van der Waals surface area contributed by atoms with Crippen molar-refractivity contribution in [2.75, 3.05) is 18.4 Å². The molecular weight excluding hydrogens is 352 g/mol. The van der Waals surface area contributed by atoms with Crippen LogP contribution in [0.15, 0.2) is 42.6 Å². The Labute approximate surface area is 165 Å². The van der Waals surface area contributed by atoms with E-state index in [2.05, 4.69) is 45.4 Å². The number of anilines is 1. The number of nitrogens with zero attached hydrogens (tertiary/aromatic N) is 2. The van der Waals surface area contributed by atoms with Gasteiger partial charge in [0.1, 0.15) is 0 Å². The van der Waals surface area contributed by atoms with Crippen LogP contribution in [0.5, 0.6) is 0 Å². The van der Waals surface area contributed by atoms with Crippen molar-refractivity contribution in [1.29, 1.82) is 0 Å². The summed E-state index contributed by atoms with van der Waals surface area (Å²) in [5.74, 6) is -0.194. The van der Waals surface area contributed by atoms with Crippen molar-refractivity contribution in [2.24, 2.45) is 0 Å². The fraction of sp³-hybridized carbons (Fsp3) is 0.455. The highest BCUT2D eigenvalue weighted by molar-refractivity contribution is 6.04. The van der Waals surface area contributed by atoms with E-state index in [9.17, 15) is 9.59 Å². The SMILES string of the molecule is CC1c2cccn2CCN1CC(=O)Nc1ccccc1C(=O)NC1CCCC1. The third kappa shape index (κ3) is 3.97. The molecule has 0 saturated heterocycles. The molecule has 2 heterocycles. The molecule has 1 saturated carbocycles. The monoisotopic (exact) mass is 380 g/mol. The van der Waals surface area contributed by atoms with Crippen LogP contribution < -0.4 is 10.6 Å². The standard InChI is InChI=1S/C22H28N4O2/c1-16-20-11-6-12-25(20)13-14-26(16)15-21(27)24-19-10-5-4-9-18(19)22(28)23-17-7-2-3-8-17/h4-6,9-12,16-17H,2-3,7-8,13-15H2,1H3,(H,23,28)(H,24,27). The van der Waals surface area contributed by atoms with E-state index in [1.807, 2.05) is 12.1 Å². The van der Waals surface area contributed by atoms with Crippen LogP contribution in [-0.2, 0) is 11.3 Å². The van der Waals surface area contributed by atoms with Gasteiger partial charge in [0.15, 0.2) is 0 Å². The molecule has 1 aliphatic heterocycles. The first kappa shape index (κ1) is 18.7. The second-order valence-corrected chi connectivity index (χ2v) is 7.82. The molecule has 2 aromatic rings. The third-order valence-electron chi connectivity index (χ3n) is 5.95. The van der Waals surface area contributed by atoms with Crippen molar-refractivity contribution < 1.29 is 9.59 Å². The summed E-state index contributed by atoms with van der Waals surface area (Å²) in [6.07, 6.45) is 6.49. The predicted molar refractivity (Wildman–Crippen MR) is 109 cm³/mol. The highest BCUT2D eigenvalue weighted by Crippen LogP contribution is 2.25. The third-order valence-corrected chi connectivity index (χ3v) is 5.95. The van der Waals surface area contributed by atoms with Gasteiger partial charge in [0.25, 0.3) is 5.91 Å². The number of carbonyl (C=O) groups is 2. The molecule has 1 atom stereocenters. The maximum absolute atomic E-state index is 12.7. The van der Waals surface area contributed by atoms with Crippen LogP contribution in [0.3, 0.4) is 0 Å². The Morgan fingerprint density at radius 1 is 1.07 bits per heavy atom. The lowest BCUT2D eigenvalue weighted by atomic mass is 10.1. The number of hydrogen-bond donors (Lipinski definition) is 2. The Hall–Kier alpha value is -2.60. The van der Waals surface area contributed by atoms with E-state index in [-0.39, 0.29) is 23.9 Å². The lowest BCUT2D eigenvalue weighted by Gasteiger charge is -2.34. The summed E-state index contributed by atoms with van der Waals surface area (Å²) >= 11 is 0. The summed E-state index contributed by atoms with van der Waals surface area (Å²) in [6.45, 7) is 4.16. The number of hydrogen-bond acceptors (Lipinski definition) is 3. The van der Waals surface area contributed by atoms with E-state index in [4.69, 9.17) is 0 Å². The molecule has 2 amide bonds. The molecule has 6 heteroatoms. The van der Waals surface area contributed by atoms with E-state index in [1.54, 1.807) is 12.1 Å². The second-order valence-electron chi connectivity index (χ2n) is 7.82. The highest BCUT2D eigenvalue weighted by Gasteiger charge is 2.26. The molecular formula is C22H28N4O2. The summed E-state index contributed by atoms with van der Waals surface area (Å²) in [5, 5.41) is 6.06. The van der Waals surface area contributed by atoms with Gasteiger partial charge in [0.2, 0.25) is 5.91 Å². The topological polar surface area (TPSA) is 66.4 Å². The number of fused-ring (bicyclic) bond motifs is 1. The maximum atomic E-state index is 12.7. The summed E-state index contributed by atoms with van der Waals surface area (Å²) in [4.78, 5) is 27.6. The van der Waals surface area contributed by atoms with Crippen LogP contribution >= 0.6 is 0 Å². The lowest BCUT2D eigenvalue weighted by Crippen LogP contribution is -2.41. The van der Waals surface area contributed by atoms with E-state index in [0.717, 1.165) is 25.9 Å². The van der Waals surface area contributed by atoms with Gasteiger partial charge in [-0.15, -0.1) is 0 Å². The number of para-hydroxylation sites is 1. The number of amides is 2. The average Bonchev–Trinajstić information content (AvgIpc) is 3.36. The van der Waals surface area contributed by atoms with Crippen molar-refractivity contribution in [2.45, 2.75) is 51.2 Å². The number of aromatic nitrogens is 1. The zero-order chi connectivity index (χ0) is 19.5. The van der Waals surface area contributed by atoms with Crippen LogP contribution in [0.2, 0.25) is 0 Å². The van der Waals surface area contributed by atoms with Gasteiger partial charge in [0.05, 0.1) is 17.8 Å². The quantitative estimate of drug-likeness (QED) is 0.837. The van der Waals surface area contributed by atoms with Gasteiger partial charge in [-0.05, 0) is 44.0 Å². The van der Waals surface area contributed by atoms with Crippen molar-refractivity contribution >= 4 is 17.5 Å². The van der Waals surface area contributed by atoms with Crippen LogP contribution in [0.25, 0.3) is 0 Å². The van der Waals surface area contributed by atoms with Crippen molar-refractivity contribution in [3.05, 3.63) is 53.9 Å². The first-order valence-corrected chi connectivity index (χ1v) is 10.2. The molecule has 6 nitrogen and oxygen atoms in total. The van der Waals surface area contributed by atoms with E-state index in [1.165, 1.54) is 18.5 Å². The number of rotatable bonds is 5. The number of carbonyl (C=O) groups excluding carboxylic acids is 2. The van der Waals surface area contributed by atoms with Crippen molar-refractivity contribution in [1.82, 2.24) is 14.8 Å². The molecule has 2 N–H and O–H groups in total. The van der Waals surface area contributed by atoms with Gasteiger partial charge in [-0.2, -0.15) is 0 Å². The van der Waals surface area contributed by atoms with Crippen LogP contribution in [0, 0.1) is 0 Å². The van der Waals surface area contributed by atoms with Crippen molar-refractivity contribution in [3.8, 4) is 0 Å². The summed E-state index contributed by atoms with van der Waals surface area (Å²) in [5.41, 5.74) is 2.34. The molecule has 0 radical (unpaired) electrons. The van der Waals surface area contributed by atoms with Gasteiger partial charge in [0, 0.05) is 37.1 Å². The molecule has 1 aromatic carbocycles. The van der Waals surface area contributed by atoms with Gasteiger partial charge in [-0.3, -0.25) is 14.5 Å². The molecule has 28 heavy (non-hydrogen) atoms. The molecule has 1 fully saturated rings. The molecule has 1 unspecified atom stereocenters. The van der Waals surface area contributed by atoms with Crippen LogP contribution in [-0.4, -0.2) is 40.4 Å². The van der Waals surface area contributed by atoms with Gasteiger partial charge in [-0.1, -0.05) is 25.0 Å². The maximum Gasteiger partial charge on any atom is 0.253 e. The van der Waals surface area contributed by atoms with Crippen LogP contribution in [0.4, 0.5) is 5.69 Å². The molecule has 148 valence electrons. The lowest BCUT2D eigenvalue weighted by molar-refractivity contribution is -0.118. The molecule has 1 aromatic heterocycles. The number of nitrogens with one attached hydrogen (secondary N) is 2. The summed E-state index contributed by atoms with van der Waals surface area (Å²) < 4.78 is 2.24. The van der Waals surface area contributed by atoms with Gasteiger partial charge in [-0.25, -0.2) is 0 Å². The van der Waals surface area contributed by atoms with E-state index >= 15 is 0 Å². The Bertz CT molecular complexity index is 854. The molecule has 2 aliphatic rings. The molecule has 0 spiro atoms. The van der Waals surface area contributed by atoms with E-state index < -0.39 is 0 Å². The minimum absolute atomic E-state index is 0.0898. The predicted octanol–water partition coefficient (Wildman–Crippen LogP) is 3.18. The smallest absolute Gasteiger partial charge is 0.253 e. The van der Waals surface area contributed by atoms with Crippen LogP contribution in [0.1, 0.15) is 54.7 Å². The Morgan fingerprint density at radius 2 is 1.86 bits per heavy atom. The van der Waals surface area contributed by atoms with E-state index in [0.29, 0.717) is 17.8 Å². The minimum atomic E-state index is -0.105. The fourth-order valence-corrected chi connectivity index (χ4v) is 4.34. The Kier molecular flexibility index (Phi) is 5.48. The zero-order valence-corrected chi connectivity index (χ0v) is 16.4. The normalized spacial score (nSPS) is 20.0. The summed E-state index contributed by atoms with van der Waals surface area (Å²) in [6, 6.07) is 11.9. The first-order chi connectivity index (χ1) is 13.6. The fourth-order valence-electron chi connectivity index (χ4n) is 4.34. The van der Waals surface area contributed by atoms with Crippen molar-refractivity contribution in [3.63, 3.8) is 0 Å². The largest absolute Gasteiger partial charge is 0.349 e. The Morgan fingerprint density at radius 3 is 2.68 bits per heavy atom. The number of benzene rings is 1. The molecule has 1 aliphatic carbocycles. The Balaban J connectivity index is 1.40. The second kappa shape index (κ2) is 8.19. The minimum Gasteiger partial charge on any atom is -0.349 e. The average molecular weight is 380 g/mol. The highest BCUT2D eigenvalue weighted by atomic mass is 16.2. The first-order valence-electron chi connectivity index (χ1n) is 10.2. The molecule has 0 bridgehead atoms. The van der Waals surface area contributed by atoms with Gasteiger partial charge >= 0.3 is 0 Å². The molecule has 4 rings (SSSR count). The summed E-state index contributed by atoms with van der Waals surface area (Å²) in [7, 11) is 0. The van der Waals surface area contributed by atoms with Gasteiger partial charge < -0.3 is 15.2 Å².